The van der Waals surface area contributed by atoms with Gasteiger partial charge in [0.1, 0.15) is 6.04 Å². The van der Waals surface area contributed by atoms with Crippen molar-refractivity contribution < 1.29 is 9.15 Å². The highest BCUT2D eigenvalue weighted by Crippen LogP contribution is 2.27. The van der Waals surface area contributed by atoms with Crippen LogP contribution >= 0.6 is 0 Å². The lowest BCUT2D eigenvalue weighted by molar-refractivity contribution is 0.122. The summed E-state index contributed by atoms with van der Waals surface area (Å²) in [6, 6.07) is 14.5. The van der Waals surface area contributed by atoms with Gasteiger partial charge in [0.15, 0.2) is 0 Å². The molecular formula is C22H26N4O2. The van der Waals surface area contributed by atoms with Crippen molar-refractivity contribution in [3.05, 3.63) is 59.5 Å². The Kier molecular flexibility index (Phi) is 5.30. The maximum absolute atomic E-state index is 5.90. The molecule has 0 amide bonds. The van der Waals surface area contributed by atoms with Crippen LogP contribution in [0.1, 0.15) is 30.0 Å². The van der Waals surface area contributed by atoms with Gasteiger partial charge in [0.05, 0.1) is 13.2 Å². The van der Waals surface area contributed by atoms with E-state index in [-0.39, 0.29) is 6.04 Å². The zero-order valence-electron chi connectivity index (χ0n) is 16.6. The topological polar surface area (TPSA) is 63.4 Å². The molecule has 2 aromatic carbocycles. The Hall–Kier alpha value is -2.86. The van der Waals surface area contributed by atoms with Gasteiger partial charge in [0.2, 0.25) is 11.8 Å². The van der Waals surface area contributed by atoms with Crippen molar-refractivity contribution >= 4 is 11.4 Å². The molecule has 1 aromatic heterocycles. The summed E-state index contributed by atoms with van der Waals surface area (Å²) in [5.41, 5.74) is 5.63. The predicted octanol–water partition coefficient (Wildman–Crippen LogP) is 4.36. The molecule has 1 aliphatic rings. The van der Waals surface area contributed by atoms with E-state index in [1.807, 2.05) is 31.2 Å². The Balaban J connectivity index is 1.46. The monoisotopic (exact) mass is 378 g/mol. The summed E-state index contributed by atoms with van der Waals surface area (Å²) in [5, 5.41) is 11.9. The second kappa shape index (κ2) is 8.02. The van der Waals surface area contributed by atoms with Gasteiger partial charge in [0, 0.05) is 30.0 Å². The molecule has 1 saturated heterocycles. The van der Waals surface area contributed by atoms with Crippen LogP contribution in [0.2, 0.25) is 0 Å². The fourth-order valence-electron chi connectivity index (χ4n) is 3.35. The first-order valence-corrected chi connectivity index (χ1v) is 9.70. The molecule has 3 aromatic rings. The van der Waals surface area contributed by atoms with E-state index in [0.29, 0.717) is 11.8 Å². The summed E-state index contributed by atoms with van der Waals surface area (Å²) in [5.74, 6) is 1.12. The minimum absolute atomic E-state index is 0.0837. The lowest BCUT2D eigenvalue weighted by Gasteiger charge is -2.29. The molecule has 4 rings (SSSR count). The highest BCUT2D eigenvalue weighted by Gasteiger charge is 2.17. The molecule has 1 N–H and O–H groups in total. The fourth-order valence-corrected chi connectivity index (χ4v) is 3.35. The second-order valence-electron chi connectivity index (χ2n) is 7.28. The van der Waals surface area contributed by atoms with E-state index in [1.54, 1.807) is 0 Å². The standard InChI is InChI=1S/C22H26N4O2/c1-15-4-6-18(7-5-15)22-25-24-21(28-22)17(3)23-20-9-8-19(14-16(20)2)26-10-12-27-13-11-26/h4-9,14,17,23H,10-13H2,1-3H3. The molecule has 28 heavy (non-hydrogen) atoms. The van der Waals surface area contributed by atoms with Crippen LogP contribution in [-0.4, -0.2) is 36.5 Å². The van der Waals surface area contributed by atoms with Crippen LogP contribution in [0.5, 0.6) is 0 Å². The minimum atomic E-state index is -0.0837. The lowest BCUT2D eigenvalue weighted by atomic mass is 10.1. The van der Waals surface area contributed by atoms with Crippen LogP contribution in [0.4, 0.5) is 11.4 Å². The number of benzene rings is 2. The van der Waals surface area contributed by atoms with Gasteiger partial charge in [-0.1, -0.05) is 17.7 Å². The van der Waals surface area contributed by atoms with Gasteiger partial charge in [-0.15, -0.1) is 10.2 Å². The number of anilines is 2. The van der Waals surface area contributed by atoms with E-state index >= 15 is 0 Å². The third kappa shape index (κ3) is 4.02. The van der Waals surface area contributed by atoms with Crippen LogP contribution in [0.25, 0.3) is 11.5 Å². The third-order valence-electron chi connectivity index (χ3n) is 5.07. The average Bonchev–Trinajstić information content (AvgIpc) is 3.21. The summed E-state index contributed by atoms with van der Waals surface area (Å²) in [6.45, 7) is 9.65. The van der Waals surface area contributed by atoms with Crippen LogP contribution in [0.15, 0.2) is 46.9 Å². The second-order valence-corrected chi connectivity index (χ2v) is 7.28. The summed E-state index contributed by atoms with van der Waals surface area (Å²) in [7, 11) is 0. The van der Waals surface area contributed by atoms with E-state index in [1.165, 1.54) is 16.8 Å². The van der Waals surface area contributed by atoms with E-state index in [0.717, 1.165) is 37.6 Å². The summed E-state index contributed by atoms with van der Waals surface area (Å²) in [6.07, 6.45) is 0. The molecule has 1 fully saturated rings. The van der Waals surface area contributed by atoms with Crippen molar-refractivity contribution in [1.82, 2.24) is 10.2 Å². The molecule has 0 saturated carbocycles. The molecule has 1 aliphatic heterocycles. The summed E-state index contributed by atoms with van der Waals surface area (Å²) in [4.78, 5) is 2.36. The van der Waals surface area contributed by atoms with Crippen molar-refractivity contribution in [3.63, 3.8) is 0 Å². The highest BCUT2D eigenvalue weighted by atomic mass is 16.5. The largest absolute Gasteiger partial charge is 0.418 e. The zero-order chi connectivity index (χ0) is 19.5. The van der Waals surface area contributed by atoms with Gasteiger partial charge in [0.25, 0.3) is 0 Å². The van der Waals surface area contributed by atoms with Crippen LogP contribution in [0, 0.1) is 13.8 Å². The van der Waals surface area contributed by atoms with Gasteiger partial charge in [-0.25, -0.2) is 0 Å². The molecule has 0 bridgehead atoms. The Morgan fingerprint density at radius 3 is 2.46 bits per heavy atom. The minimum Gasteiger partial charge on any atom is -0.418 e. The van der Waals surface area contributed by atoms with Crippen molar-refractivity contribution in [2.75, 3.05) is 36.5 Å². The Bertz CT molecular complexity index is 930. The molecule has 1 atom stereocenters. The SMILES string of the molecule is Cc1ccc(-c2nnc(C(C)Nc3ccc(N4CCOCC4)cc3C)o2)cc1. The number of aromatic nitrogens is 2. The maximum atomic E-state index is 5.90. The molecule has 0 aliphatic carbocycles. The van der Waals surface area contributed by atoms with Crippen LogP contribution < -0.4 is 10.2 Å². The van der Waals surface area contributed by atoms with E-state index < -0.39 is 0 Å². The third-order valence-corrected chi connectivity index (χ3v) is 5.07. The summed E-state index contributed by atoms with van der Waals surface area (Å²) < 4.78 is 11.3. The average molecular weight is 378 g/mol. The molecule has 1 unspecified atom stereocenters. The number of rotatable bonds is 5. The number of ether oxygens (including phenoxy) is 1. The van der Waals surface area contributed by atoms with Crippen molar-refractivity contribution in [3.8, 4) is 11.5 Å². The van der Waals surface area contributed by atoms with Gasteiger partial charge in [-0.05, 0) is 56.7 Å². The molecule has 146 valence electrons. The van der Waals surface area contributed by atoms with Crippen molar-refractivity contribution in [2.24, 2.45) is 0 Å². The Morgan fingerprint density at radius 1 is 1.00 bits per heavy atom. The Labute approximate surface area is 165 Å². The normalized spacial score (nSPS) is 15.5. The zero-order valence-corrected chi connectivity index (χ0v) is 16.6. The van der Waals surface area contributed by atoms with Gasteiger partial charge in [-0.3, -0.25) is 0 Å². The molecule has 2 heterocycles. The molecule has 0 radical (unpaired) electrons. The van der Waals surface area contributed by atoms with Gasteiger partial charge in [-0.2, -0.15) is 0 Å². The smallest absolute Gasteiger partial charge is 0.247 e. The van der Waals surface area contributed by atoms with E-state index in [9.17, 15) is 0 Å². The fraction of sp³-hybridized carbons (Fsp3) is 0.364. The highest BCUT2D eigenvalue weighted by molar-refractivity contribution is 5.61. The molecule has 6 nitrogen and oxygen atoms in total. The molecular weight excluding hydrogens is 352 g/mol. The molecule has 6 heteroatoms. The maximum Gasteiger partial charge on any atom is 0.247 e. The summed E-state index contributed by atoms with van der Waals surface area (Å²) >= 11 is 0. The van der Waals surface area contributed by atoms with E-state index in [2.05, 4.69) is 52.5 Å². The number of hydrogen-bond acceptors (Lipinski definition) is 6. The number of nitrogens with zero attached hydrogens (tertiary/aromatic N) is 3. The number of morpholine rings is 1. The quantitative estimate of drug-likeness (QED) is 0.712. The first kappa shape index (κ1) is 18.5. The Morgan fingerprint density at radius 2 is 1.75 bits per heavy atom. The number of aryl methyl sites for hydroxylation is 2. The van der Waals surface area contributed by atoms with E-state index in [4.69, 9.17) is 9.15 Å². The molecule has 0 spiro atoms. The number of nitrogens with one attached hydrogen (secondary N) is 1. The van der Waals surface area contributed by atoms with Crippen molar-refractivity contribution in [2.45, 2.75) is 26.8 Å². The predicted molar refractivity (Wildman–Crippen MR) is 111 cm³/mol. The van der Waals surface area contributed by atoms with Crippen molar-refractivity contribution in [1.29, 1.82) is 0 Å². The lowest BCUT2D eigenvalue weighted by Crippen LogP contribution is -2.36. The first-order valence-electron chi connectivity index (χ1n) is 9.70. The first-order chi connectivity index (χ1) is 13.6. The van der Waals surface area contributed by atoms with Gasteiger partial charge < -0.3 is 19.4 Å². The van der Waals surface area contributed by atoms with Crippen LogP contribution in [-0.2, 0) is 4.74 Å². The van der Waals surface area contributed by atoms with Gasteiger partial charge >= 0.3 is 0 Å². The number of hydrogen-bond donors (Lipinski definition) is 1. The van der Waals surface area contributed by atoms with Crippen LogP contribution in [0.3, 0.4) is 0 Å².